The number of alkyl halides is 3. The Morgan fingerprint density at radius 2 is 1.86 bits per heavy atom. The number of amides is 1. The van der Waals surface area contributed by atoms with E-state index < -0.39 is 23.5 Å². The lowest BCUT2D eigenvalue weighted by molar-refractivity contribution is -0.137. The number of rotatable bonds is 5. The van der Waals surface area contributed by atoms with Crippen LogP contribution in [0.1, 0.15) is 19.4 Å². The fourth-order valence-electron chi connectivity index (χ4n) is 6.01. The van der Waals surface area contributed by atoms with Crippen LogP contribution in [0.4, 0.5) is 19.0 Å². The van der Waals surface area contributed by atoms with Crippen molar-refractivity contribution >= 4 is 57.3 Å². The number of carbonyl (C=O) groups excluding carboxylic acids is 1. The number of piperazine rings is 1. The third kappa shape index (κ3) is 5.56. The van der Waals surface area contributed by atoms with Gasteiger partial charge in [-0.25, -0.2) is 4.79 Å². The first-order valence-corrected chi connectivity index (χ1v) is 16.0. The first kappa shape index (κ1) is 30.5. The number of hydrogen-bond donors (Lipinski definition) is 0. The van der Waals surface area contributed by atoms with Crippen molar-refractivity contribution in [1.29, 1.82) is 0 Å². The molecule has 3 atom stereocenters. The number of ether oxygens (including phenoxy) is 1. The van der Waals surface area contributed by atoms with E-state index in [-0.39, 0.29) is 60.1 Å². The third-order valence-corrected chi connectivity index (χ3v) is 10.2. The van der Waals surface area contributed by atoms with Gasteiger partial charge in [-0.1, -0.05) is 18.2 Å². The first-order chi connectivity index (χ1) is 21.0. The van der Waals surface area contributed by atoms with E-state index in [1.54, 1.807) is 39.7 Å². The number of anilines is 1. The second-order valence-electron chi connectivity index (χ2n) is 10.8. The number of thiophene rings is 1. The maximum absolute atomic E-state index is 14.9. The van der Waals surface area contributed by atoms with Gasteiger partial charge in [0.2, 0.25) is 5.91 Å². The van der Waals surface area contributed by atoms with Crippen molar-refractivity contribution in [2.45, 2.75) is 49.7 Å². The second kappa shape index (κ2) is 11.8. The summed E-state index contributed by atoms with van der Waals surface area (Å²) in [7, 11) is 0. The summed E-state index contributed by atoms with van der Waals surface area (Å²) in [5, 5.41) is 2.12. The average Bonchev–Trinajstić information content (AvgIpc) is 3.31. The molecule has 0 bridgehead atoms. The van der Waals surface area contributed by atoms with E-state index in [9.17, 15) is 22.8 Å². The van der Waals surface area contributed by atoms with Gasteiger partial charge in [0.15, 0.2) is 0 Å². The Kier molecular flexibility index (Phi) is 8.14. The zero-order valence-electron chi connectivity index (χ0n) is 23.7. The van der Waals surface area contributed by atoms with E-state index in [1.165, 1.54) is 28.5 Å². The minimum Gasteiger partial charge on any atom is -0.488 e. The van der Waals surface area contributed by atoms with E-state index in [0.29, 0.717) is 26.1 Å². The van der Waals surface area contributed by atoms with Gasteiger partial charge in [0, 0.05) is 69.4 Å². The highest BCUT2D eigenvalue weighted by molar-refractivity contribution is 7.99. The fraction of sp³-hybridized carbons (Fsp3) is 0.333. The zero-order chi connectivity index (χ0) is 31.3. The summed E-state index contributed by atoms with van der Waals surface area (Å²) in [5.41, 5.74) is -1.10. The summed E-state index contributed by atoms with van der Waals surface area (Å²) in [6.45, 7) is 7.91. The second-order valence-corrected chi connectivity index (χ2v) is 13.1. The van der Waals surface area contributed by atoms with Crippen LogP contribution in [-0.4, -0.2) is 62.4 Å². The number of carbonyl (C=O) groups is 1. The number of thioether (sulfide) groups is 1. The largest absolute Gasteiger partial charge is 0.488 e. The monoisotopic (exact) mass is 661 g/mol. The van der Waals surface area contributed by atoms with Crippen LogP contribution in [0.5, 0.6) is 5.75 Å². The Bertz CT molecular complexity index is 1800. The SMILES string of the molecule is C=CC(=O)N1[C@H](C)CN(c2nc(=O)n3c4c(c(-c5cc(Cl)cs5)c(C(F)(F)F)cc24)SCC(Oc2ccncc2)C3)C[C@@H]1C. The van der Waals surface area contributed by atoms with E-state index >= 15 is 0 Å². The van der Waals surface area contributed by atoms with E-state index in [2.05, 4.69) is 16.5 Å². The average molecular weight is 662 g/mol. The molecule has 6 rings (SSSR count). The highest BCUT2D eigenvalue weighted by Crippen LogP contribution is 2.50. The Balaban J connectivity index is 1.58. The number of halogens is 4. The smallest absolute Gasteiger partial charge is 0.417 e. The Morgan fingerprint density at radius 3 is 2.48 bits per heavy atom. The van der Waals surface area contributed by atoms with Crippen LogP contribution in [0.25, 0.3) is 21.3 Å². The number of nitrogens with zero attached hydrogens (tertiary/aromatic N) is 5. The molecule has 3 aromatic heterocycles. The van der Waals surface area contributed by atoms with Gasteiger partial charge < -0.3 is 14.5 Å². The third-order valence-electron chi connectivity index (χ3n) is 7.72. The van der Waals surface area contributed by atoms with Gasteiger partial charge in [0.05, 0.1) is 22.6 Å². The lowest BCUT2D eigenvalue weighted by atomic mass is 10.0. The summed E-state index contributed by atoms with van der Waals surface area (Å²) >= 11 is 8.52. The molecular weight excluding hydrogens is 635 g/mol. The van der Waals surface area contributed by atoms with Crippen LogP contribution in [0, 0.1) is 0 Å². The molecule has 0 N–H and O–H groups in total. The maximum atomic E-state index is 14.9. The molecule has 1 amide bonds. The summed E-state index contributed by atoms with van der Waals surface area (Å²) in [4.78, 5) is 38.9. The molecular formula is C30H27ClF3N5O3S2. The number of aromatic nitrogens is 3. The molecule has 4 aromatic rings. The van der Waals surface area contributed by atoms with Crippen LogP contribution in [0.15, 0.2) is 64.4 Å². The lowest BCUT2D eigenvalue weighted by Gasteiger charge is -2.44. The highest BCUT2D eigenvalue weighted by atomic mass is 35.5. The molecule has 2 aliphatic heterocycles. The molecule has 1 fully saturated rings. The number of pyridine rings is 1. The molecule has 2 aliphatic rings. The normalized spacial score (nSPS) is 20.5. The van der Waals surface area contributed by atoms with Gasteiger partial charge >= 0.3 is 11.9 Å². The van der Waals surface area contributed by atoms with E-state index in [0.717, 1.165) is 17.4 Å². The van der Waals surface area contributed by atoms with Gasteiger partial charge in [-0.15, -0.1) is 23.1 Å². The quantitative estimate of drug-likeness (QED) is 0.231. The fourth-order valence-corrected chi connectivity index (χ4v) is 8.46. The standard InChI is InChI=1S/C30H27ClF3N5O3S2/c1-4-24(40)39-16(2)11-37(12-17(39)3)28-21-10-22(30(32,33)34)25(23-9-18(31)14-43-23)27-26(21)38(29(41)36-28)13-20(15-44-27)42-19-5-7-35-8-6-19/h4-10,14,16-17,20H,1,11-13,15H2,2-3H3/t16-,17+,20?. The van der Waals surface area contributed by atoms with Gasteiger partial charge in [0.25, 0.3) is 0 Å². The molecule has 0 radical (unpaired) electrons. The Morgan fingerprint density at radius 1 is 1.16 bits per heavy atom. The summed E-state index contributed by atoms with van der Waals surface area (Å²) in [6, 6.07) is 5.37. The minimum absolute atomic E-state index is 0.0232. The van der Waals surface area contributed by atoms with Crippen LogP contribution in [0.3, 0.4) is 0 Å². The molecule has 14 heteroatoms. The predicted octanol–water partition coefficient (Wildman–Crippen LogP) is 6.36. The van der Waals surface area contributed by atoms with Crippen molar-refractivity contribution in [3.63, 3.8) is 0 Å². The van der Waals surface area contributed by atoms with Gasteiger partial charge in [0.1, 0.15) is 17.7 Å². The van der Waals surface area contributed by atoms with Crippen molar-refractivity contribution in [3.05, 3.63) is 75.8 Å². The van der Waals surface area contributed by atoms with Crippen LogP contribution in [0.2, 0.25) is 5.02 Å². The molecule has 5 heterocycles. The summed E-state index contributed by atoms with van der Waals surface area (Å²) in [6.07, 6.45) is -0.870. The van der Waals surface area contributed by atoms with Crippen LogP contribution < -0.4 is 15.3 Å². The van der Waals surface area contributed by atoms with Crippen molar-refractivity contribution in [3.8, 4) is 16.2 Å². The van der Waals surface area contributed by atoms with E-state index in [4.69, 9.17) is 16.3 Å². The topological polar surface area (TPSA) is 80.6 Å². The predicted molar refractivity (Wildman–Crippen MR) is 167 cm³/mol. The van der Waals surface area contributed by atoms with Crippen LogP contribution >= 0.6 is 34.7 Å². The molecule has 1 saturated heterocycles. The minimum atomic E-state index is -4.72. The zero-order valence-corrected chi connectivity index (χ0v) is 26.1. The van der Waals surface area contributed by atoms with Crippen molar-refractivity contribution < 1.29 is 22.7 Å². The lowest BCUT2D eigenvalue weighted by Crippen LogP contribution is -2.58. The molecule has 0 spiro atoms. The van der Waals surface area contributed by atoms with Crippen LogP contribution in [-0.2, 0) is 17.5 Å². The molecule has 0 saturated carbocycles. The number of hydrogen-bond acceptors (Lipinski definition) is 8. The van der Waals surface area contributed by atoms with Crippen molar-refractivity contribution in [1.82, 2.24) is 19.4 Å². The van der Waals surface area contributed by atoms with Gasteiger partial charge in [-0.2, -0.15) is 18.2 Å². The Labute approximate surface area is 264 Å². The summed E-state index contributed by atoms with van der Waals surface area (Å²) < 4.78 is 52.3. The summed E-state index contributed by atoms with van der Waals surface area (Å²) in [5.74, 6) is 0.725. The van der Waals surface area contributed by atoms with Crippen molar-refractivity contribution in [2.75, 3.05) is 23.7 Å². The molecule has 1 unspecified atom stereocenters. The van der Waals surface area contributed by atoms with E-state index in [1.807, 2.05) is 13.8 Å². The first-order valence-electron chi connectivity index (χ1n) is 13.8. The van der Waals surface area contributed by atoms with Crippen molar-refractivity contribution in [2.24, 2.45) is 0 Å². The molecule has 8 nitrogen and oxygen atoms in total. The Hall–Kier alpha value is -3.55. The molecule has 0 aliphatic carbocycles. The molecule has 230 valence electrons. The van der Waals surface area contributed by atoms with Gasteiger partial charge in [-0.05, 0) is 44.2 Å². The number of benzene rings is 1. The molecule has 44 heavy (non-hydrogen) atoms. The molecule has 1 aromatic carbocycles. The van der Waals surface area contributed by atoms with Gasteiger partial charge in [-0.3, -0.25) is 14.3 Å². The highest BCUT2D eigenvalue weighted by Gasteiger charge is 2.40. The maximum Gasteiger partial charge on any atom is 0.417 e.